The van der Waals surface area contributed by atoms with Gasteiger partial charge in [0, 0.05) is 16.5 Å². The van der Waals surface area contributed by atoms with Gasteiger partial charge in [-0.25, -0.2) is 4.39 Å². The molecular formula is C20H17FO4. The molecule has 0 radical (unpaired) electrons. The van der Waals surface area contributed by atoms with Crippen molar-refractivity contribution in [2.45, 2.75) is 25.7 Å². The van der Waals surface area contributed by atoms with E-state index < -0.39 is 11.8 Å². The Kier molecular flexibility index (Phi) is 4.65. The molecule has 5 heteroatoms. The normalized spacial score (nSPS) is 12.2. The van der Waals surface area contributed by atoms with Gasteiger partial charge < -0.3 is 9.52 Å². The third kappa shape index (κ3) is 3.31. The zero-order valence-corrected chi connectivity index (χ0v) is 13.7. The molecule has 0 aliphatic carbocycles. The second kappa shape index (κ2) is 6.89. The van der Waals surface area contributed by atoms with Gasteiger partial charge >= 0.3 is 5.97 Å². The van der Waals surface area contributed by atoms with E-state index in [1.165, 1.54) is 24.3 Å². The largest absolute Gasteiger partial charge is 0.481 e. The molecule has 0 saturated carbocycles. The molecule has 1 unspecified atom stereocenters. The third-order valence-electron chi connectivity index (χ3n) is 4.27. The Balaban J connectivity index is 2.16. The number of carboxylic acid groups (broad SMARTS) is 1. The Hall–Kier alpha value is -2.95. The molecule has 25 heavy (non-hydrogen) atoms. The lowest BCUT2D eigenvalue weighted by Crippen LogP contribution is -2.10. The molecule has 128 valence electrons. The highest BCUT2D eigenvalue weighted by molar-refractivity contribution is 6.10. The monoisotopic (exact) mass is 340 g/mol. The van der Waals surface area contributed by atoms with Crippen LogP contribution in [0.1, 0.15) is 47.4 Å². The molecule has 0 aliphatic heterocycles. The summed E-state index contributed by atoms with van der Waals surface area (Å²) in [5.74, 6) is -1.97. The fourth-order valence-electron chi connectivity index (χ4n) is 3.03. The number of carbonyl (C=O) groups excluding carboxylic acids is 1. The van der Waals surface area contributed by atoms with Gasteiger partial charge in [-0.2, -0.15) is 0 Å². The topological polar surface area (TPSA) is 67.5 Å². The second-order valence-electron chi connectivity index (χ2n) is 5.88. The number of para-hydroxylation sites is 1. The molecule has 0 amide bonds. The molecule has 0 aliphatic rings. The minimum absolute atomic E-state index is 0.0935. The maximum atomic E-state index is 13.1. The Morgan fingerprint density at radius 2 is 1.80 bits per heavy atom. The highest BCUT2D eigenvalue weighted by Gasteiger charge is 2.28. The highest BCUT2D eigenvalue weighted by Crippen LogP contribution is 2.36. The molecule has 1 atom stereocenters. The number of halogens is 1. The van der Waals surface area contributed by atoms with Crippen molar-refractivity contribution in [3.63, 3.8) is 0 Å². The molecule has 0 saturated heterocycles. The van der Waals surface area contributed by atoms with Crippen LogP contribution in [0.4, 0.5) is 4.39 Å². The van der Waals surface area contributed by atoms with E-state index >= 15 is 0 Å². The average Bonchev–Trinajstić information content (AvgIpc) is 2.99. The maximum Gasteiger partial charge on any atom is 0.303 e. The molecule has 3 rings (SSSR count). The predicted molar refractivity (Wildman–Crippen MR) is 91.3 cm³/mol. The number of carboxylic acids is 1. The summed E-state index contributed by atoms with van der Waals surface area (Å²) < 4.78 is 18.9. The molecule has 2 aromatic carbocycles. The summed E-state index contributed by atoms with van der Waals surface area (Å²) in [7, 11) is 0. The minimum Gasteiger partial charge on any atom is -0.481 e. The number of hydrogen-bond donors (Lipinski definition) is 1. The van der Waals surface area contributed by atoms with Crippen molar-refractivity contribution in [1.82, 2.24) is 0 Å². The average molecular weight is 340 g/mol. The Labute approximate surface area is 143 Å². The summed E-state index contributed by atoms with van der Waals surface area (Å²) in [6.07, 6.45) is 0.462. The quantitative estimate of drug-likeness (QED) is 0.656. The van der Waals surface area contributed by atoms with E-state index in [9.17, 15) is 19.1 Å². The Morgan fingerprint density at radius 3 is 2.44 bits per heavy atom. The summed E-state index contributed by atoms with van der Waals surface area (Å²) in [5.41, 5.74) is 1.44. The first-order chi connectivity index (χ1) is 12.0. The predicted octanol–water partition coefficient (Wildman–Crippen LogP) is 4.77. The van der Waals surface area contributed by atoms with Crippen LogP contribution in [-0.4, -0.2) is 16.9 Å². The number of fused-ring (bicyclic) bond motifs is 1. The first-order valence-corrected chi connectivity index (χ1v) is 8.04. The number of carbonyl (C=O) groups is 2. The summed E-state index contributed by atoms with van der Waals surface area (Å²) >= 11 is 0. The molecule has 1 heterocycles. The number of rotatable bonds is 6. The lowest BCUT2D eigenvalue weighted by molar-refractivity contribution is -0.137. The summed E-state index contributed by atoms with van der Waals surface area (Å²) in [6.45, 7) is 1.88. The molecule has 0 fully saturated rings. The van der Waals surface area contributed by atoms with Crippen LogP contribution in [0.15, 0.2) is 52.9 Å². The van der Waals surface area contributed by atoms with E-state index in [0.29, 0.717) is 23.1 Å². The van der Waals surface area contributed by atoms with E-state index in [4.69, 9.17) is 4.42 Å². The van der Waals surface area contributed by atoms with Crippen molar-refractivity contribution < 1.29 is 23.5 Å². The van der Waals surface area contributed by atoms with E-state index in [1.807, 2.05) is 19.1 Å². The van der Waals surface area contributed by atoms with Gasteiger partial charge in [-0.15, -0.1) is 0 Å². The fourth-order valence-corrected chi connectivity index (χ4v) is 3.03. The molecule has 0 bridgehead atoms. The van der Waals surface area contributed by atoms with Crippen LogP contribution in [0.5, 0.6) is 0 Å². The number of ketones is 1. The van der Waals surface area contributed by atoms with Crippen LogP contribution in [0.2, 0.25) is 0 Å². The number of benzene rings is 2. The van der Waals surface area contributed by atoms with Crippen LogP contribution >= 0.6 is 0 Å². The molecule has 4 nitrogen and oxygen atoms in total. The molecule has 1 N–H and O–H groups in total. The highest BCUT2D eigenvalue weighted by atomic mass is 19.1. The van der Waals surface area contributed by atoms with Gasteiger partial charge in [0.1, 0.15) is 11.4 Å². The minimum atomic E-state index is -0.933. The van der Waals surface area contributed by atoms with Crippen molar-refractivity contribution >= 4 is 22.7 Å². The zero-order valence-electron chi connectivity index (χ0n) is 13.7. The first kappa shape index (κ1) is 16.9. The number of hydrogen-bond acceptors (Lipinski definition) is 3. The van der Waals surface area contributed by atoms with Crippen LogP contribution < -0.4 is 0 Å². The summed E-state index contributed by atoms with van der Waals surface area (Å²) in [6, 6.07) is 12.4. The van der Waals surface area contributed by atoms with E-state index in [1.54, 1.807) is 12.1 Å². The fraction of sp³-hybridized carbons (Fsp3) is 0.200. The van der Waals surface area contributed by atoms with E-state index in [0.717, 1.165) is 5.39 Å². The maximum absolute atomic E-state index is 13.1. The van der Waals surface area contributed by atoms with E-state index in [-0.39, 0.29) is 23.9 Å². The summed E-state index contributed by atoms with van der Waals surface area (Å²) in [5, 5.41) is 9.94. The lowest BCUT2D eigenvalue weighted by Gasteiger charge is -2.13. The van der Waals surface area contributed by atoms with Gasteiger partial charge in [0.2, 0.25) is 5.78 Å². The standard InChI is InChI=1S/C20H17FO4/c1-2-12(11-17(22)23)18-15-5-3-4-6-16(15)25-20(18)19(24)13-7-9-14(21)10-8-13/h3-10,12H,2,11H2,1H3,(H,22,23). The second-order valence-corrected chi connectivity index (χ2v) is 5.88. The number of aliphatic carboxylic acids is 1. The summed E-state index contributed by atoms with van der Waals surface area (Å²) in [4.78, 5) is 24.1. The Morgan fingerprint density at radius 1 is 1.12 bits per heavy atom. The first-order valence-electron chi connectivity index (χ1n) is 8.04. The Bertz CT molecular complexity index is 925. The zero-order chi connectivity index (χ0) is 18.0. The van der Waals surface area contributed by atoms with Gasteiger partial charge in [0.15, 0.2) is 5.76 Å². The molecule has 0 spiro atoms. The van der Waals surface area contributed by atoms with Crippen molar-refractivity contribution in [1.29, 1.82) is 0 Å². The van der Waals surface area contributed by atoms with Crippen molar-refractivity contribution in [2.75, 3.05) is 0 Å². The van der Waals surface area contributed by atoms with Gasteiger partial charge in [-0.3, -0.25) is 9.59 Å². The molecule has 1 aromatic heterocycles. The van der Waals surface area contributed by atoms with Crippen molar-refractivity contribution in [3.05, 3.63) is 71.2 Å². The lowest BCUT2D eigenvalue weighted by atomic mass is 9.89. The van der Waals surface area contributed by atoms with Gasteiger partial charge in [-0.1, -0.05) is 25.1 Å². The molecule has 3 aromatic rings. The van der Waals surface area contributed by atoms with Crippen LogP contribution in [0.3, 0.4) is 0 Å². The van der Waals surface area contributed by atoms with Crippen molar-refractivity contribution in [3.8, 4) is 0 Å². The van der Waals surface area contributed by atoms with Crippen LogP contribution in [0.25, 0.3) is 11.0 Å². The van der Waals surface area contributed by atoms with E-state index in [2.05, 4.69) is 0 Å². The van der Waals surface area contributed by atoms with Crippen LogP contribution in [-0.2, 0) is 4.79 Å². The molecular weight excluding hydrogens is 323 g/mol. The SMILES string of the molecule is CCC(CC(=O)O)c1c(C(=O)c2ccc(F)cc2)oc2ccccc12. The van der Waals surface area contributed by atoms with Crippen LogP contribution in [0, 0.1) is 5.82 Å². The smallest absolute Gasteiger partial charge is 0.303 e. The number of furan rings is 1. The van der Waals surface area contributed by atoms with Gasteiger partial charge in [0.05, 0.1) is 6.42 Å². The van der Waals surface area contributed by atoms with Gasteiger partial charge in [-0.05, 0) is 42.7 Å². The third-order valence-corrected chi connectivity index (χ3v) is 4.27. The van der Waals surface area contributed by atoms with Gasteiger partial charge in [0.25, 0.3) is 0 Å². The van der Waals surface area contributed by atoms with Crippen molar-refractivity contribution in [2.24, 2.45) is 0 Å².